The van der Waals surface area contributed by atoms with Gasteiger partial charge in [0.2, 0.25) is 0 Å². The van der Waals surface area contributed by atoms with Crippen molar-refractivity contribution in [3.05, 3.63) is 46.2 Å². The lowest BCUT2D eigenvalue weighted by Crippen LogP contribution is -2.08. The lowest BCUT2D eigenvalue weighted by atomic mass is 10.3. The summed E-state index contributed by atoms with van der Waals surface area (Å²) in [6.07, 6.45) is 9.53. The third-order valence-corrected chi connectivity index (χ3v) is 6.18. The van der Waals surface area contributed by atoms with Gasteiger partial charge in [-0.3, -0.25) is 5.41 Å². The highest BCUT2D eigenvalue weighted by Gasteiger charge is 2.13. The summed E-state index contributed by atoms with van der Waals surface area (Å²) in [6, 6.07) is 1.74. The second-order valence-corrected chi connectivity index (χ2v) is 7.33. The minimum atomic E-state index is -1.22. The zero-order valence-electron chi connectivity index (χ0n) is 11.7. The fraction of sp³-hybridized carbons (Fsp3) is 0.214. The van der Waals surface area contributed by atoms with Crippen LogP contribution in [0.2, 0.25) is 0 Å². The van der Waals surface area contributed by atoms with E-state index >= 15 is 0 Å². The Hall–Kier alpha value is -1.11. The second-order valence-electron chi connectivity index (χ2n) is 3.90. The molecule has 3 nitrogen and oxygen atoms in total. The zero-order chi connectivity index (χ0) is 15.1. The van der Waals surface area contributed by atoms with E-state index in [0.29, 0.717) is 4.88 Å². The predicted octanol–water partition coefficient (Wildman–Crippen LogP) is 3.90. The van der Waals surface area contributed by atoms with Crippen LogP contribution in [0.5, 0.6) is 0 Å². The summed E-state index contributed by atoms with van der Waals surface area (Å²) < 4.78 is 13.2. The number of amidine groups is 1. The van der Waals surface area contributed by atoms with Gasteiger partial charge in [-0.1, -0.05) is 29.9 Å². The first-order chi connectivity index (χ1) is 9.49. The highest BCUT2D eigenvalue weighted by atomic mass is 32.2. The van der Waals surface area contributed by atoms with Crippen molar-refractivity contribution in [3.63, 3.8) is 0 Å². The van der Waals surface area contributed by atoms with Crippen LogP contribution < -0.4 is 5.73 Å². The van der Waals surface area contributed by atoms with Crippen LogP contribution in [0.15, 0.2) is 50.5 Å². The van der Waals surface area contributed by atoms with E-state index in [4.69, 9.17) is 11.1 Å². The number of nitrogens with one attached hydrogen (secondary N) is 1. The van der Waals surface area contributed by atoms with Crippen molar-refractivity contribution in [2.24, 2.45) is 5.73 Å². The molecular formula is C14H18N2OS3. The van der Waals surface area contributed by atoms with Crippen LogP contribution in [0.3, 0.4) is 0 Å². The van der Waals surface area contributed by atoms with E-state index in [1.807, 2.05) is 38.3 Å². The molecule has 108 valence electrons. The maximum atomic E-state index is 12.2. The first-order valence-corrected chi connectivity index (χ1v) is 9.15. The number of thioether (sulfide) groups is 1. The molecule has 1 unspecified atom stereocenters. The lowest BCUT2D eigenvalue weighted by Gasteiger charge is -1.95. The monoisotopic (exact) mass is 326 g/mol. The van der Waals surface area contributed by atoms with Crippen molar-refractivity contribution < 1.29 is 4.21 Å². The Morgan fingerprint density at radius 1 is 1.50 bits per heavy atom. The number of thiophene rings is 1. The topological polar surface area (TPSA) is 66.9 Å². The summed E-state index contributed by atoms with van der Waals surface area (Å²) >= 11 is 2.92. The molecule has 0 saturated heterocycles. The van der Waals surface area contributed by atoms with Crippen molar-refractivity contribution in [3.8, 4) is 0 Å². The van der Waals surface area contributed by atoms with Crippen molar-refractivity contribution in [2.75, 3.05) is 6.26 Å². The van der Waals surface area contributed by atoms with Gasteiger partial charge in [0.1, 0.15) is 5.84 Å². The Morgan fingerprint density at radius 2 is 2.20 bits per heavy atom. The lowest BCUT2D eigenvalue weighted by molar-refractivity contribution is 0.687. The van der Waals surface area contributed by atoms with Gasteiger partial charge in [-0.15, -0.1) is 23.1 Å². The summed E-state index contributed by atoms with van der Waals surface area (Å²) in [4.78, 5) is 1.38. The van der Waals surface area contributed by atoms with Crippen LogP contribution in [0, 0.1) is 5.41 Å². The molecule has 0 aliphatic rings. The smallest absolute Gasteiger partial charge is 0.133 e. The van der Waals surface area contributed by atoms with Crippen LogP contribution in [-0.4, -0.2) is 16.3 Å². The van der Waals surface area contributed by atoms with Crippen molar-refractivity contribution in [1.82, 2.24) is 0 Å². The molecule has 1 aromatic rings. The third kappa shape index (κ3) is 4.77. The standard InChI is InChI=1S/C14H18N2OS3/c1-4-10(2)7-5-6-8-20(17)12-9-11(13(15)16)19-14(12)18-3/h4-9H,1-3H3,(H3,15,16)/b7-5-,8-6+,10-4-. The Morgan fingerprint density at radius 3 is 2.75 bits per heavy atom. The zero-order valence-corrected chi connectivity index (χ0v) is 14.1. The van der Waals surface area contributed by atoms with Crippen molar-refractivity contribution in [2.45, 2.75) is 23.0 Å². The molecule has 0 amide bonds. The fourth-order valence-electron chi connectivity index (χ4n) is 1.27. The van der Waals surface area contributed by atoms with E-state index in [2.05, 4.69) is 0 Å². The number of nitrogens with two attached hydrogens (primary N) is 1. The van der Waals surface area contributed by atoms with E-state index in [1.165, 1.54) is 23.1 Å². The highest BCUT2D eigenvalue weighted by Crippen LogP contribution is 2.33. The molecule has 6 heteroatoms. The van der Waals surface area contributed by atoms with Gasteiger partial charge >= 0.3 is 0 Å². The van der Waals surface area contributed by atoms with Gasteiger partial charge in [0.05, 0.1) is 24.8 Å². The minimum absolute atomic E-state index is 0.0149. The third-order valence-electron chi connectivity index (χ3n) is 2.46. The normalized spacial score (nSPS) is 14.2. The molecular weight excluding hydrogens is 308 g/mol. The highest BCUT2D eigenvalue weighted by molar-refractivity contribution is 8.01. The van der Waals surface area contributed by atoms with Gasteiger partial charge in [0.25, 0.3) is 0 Å². The number of hydrogen-bond donors (Lipinski definition) is 2. The molecule has 1 atom stereocenters. The molecule has 0 aromatic carbocycles. The quantitative estimate of drug-likeness (QED) is 0.360. The van der Waals surface area contributed by atoms with Crippen molar-refractivity contribution >= 4 is 39.7 Å². The first-order valence-electron chi connectivity index (χ1n) is 5.90. The van der Waals surface area contributed by atoms with E-state index < -0.39 is 10.8 Å². The number of rotatable bonds is 6. The van der Waals surface area contributed by atoms with Crippen LogP contribution in [0.4, 0.5) is 0 Å². The SMILES string of the molecule is C\C=C(C)/C=C\C=C\S(=O)c1cc(C(=N)N)sc1SC. The number of allylic oxidation sites excluding steroid dienone is 5. The Balaban J connectivity index is 2.89. The number of nitrogen functional groups attached to an aromatic ring is 1. The predicted molar refractivity (Wildman–Crippen MR) is 91.2 cm³/mol. The van der Waals surface area contributed by atoms with Crippen molar-refractivity contribution in [1.29, 1.82) is 5.41 Å². The summed E-state index contributed by atoms with van der Waals surface area (Å²) in [7, 11) is -1.22. The van der Waals surface area contributed by atoms with E-state index in [9.17, 15) is 4.21 Å². The molecule has 0 saturated carbocycles. The van der Waals surface area contributed by atoms with Gasteiger partial charge in [0.15, 0.2) is 0 Å². The summed E-state index contributed by atoms with van der Waals surface area (Å²) in [5, 5.41) is 9.09. The first kappa shape index (κ1) is 16.9. The molecule has 0 spiro atoms. The van der Waals surface area contributed by atoms with E-state index in [0.717, 1.165) is 14.7 Å². The summed E-state index contributed by atoms with van der Waals surface area (Å²) in [6.45, 7) is 3.98. The van der Waals surface area contributed by atoms with Crippen LogP contribution in [0.25, 0.3) is 0 Å². The van der Waals surface area contributed by atoms with Crippen LogP contribution >= 0.6 is 23.1 Å². The molecule has 1 aromatic heterocycles. The van der Waals surface area contributed by atoms with Crippen LogP contribution in [-0.2, 0) is 10.8 Å². The molecule has 0 fully saturated rings. The Bertz CT molecular complexity index is 598. The van der Waals surface area contributed by atoms with Crippen LogP contribution in [0.1, 0.15) is 18.7 Å². The fourth-order valence-corrected chi connectivity index (χ4v) is 4.50. The average molecular weight is 327 g/mol. The minimum Gasteiger partial charge on any atom is -0.383 e. The summed E-state index contributed by atoms with van der Waals surface area (Å²) in [5.74, 6) is 0.0149. The summed E-state index contributed by atoms with van der Waals surface area (Å²) in [5.41, 5.74) is 6.62. The second kappa shape index (κ2) is 8.24. The average Bonchev–Trinajstić information content (AvgIpc) is 2.87. The molecule has 0 radical (unpaired) electrons. The molecule has 3 N–H and O–H groups in total. The van der Waals surface area contributed by atoms with Gasteiger partial charge < -0.3 is 5.73 Å². The van der Waals surface area contributed by atoms with Gasteiger partial charge in [-0.05, 0) is 26.2 Å². The van der Waals surface area contributed by atoms with Gasteiger partial charge in [-0.25, -0.2) is 4.21 Å². The van der Waals surface area contributed by atoms with E-state index in [-0.39, 0.29) is 5.84 Å². The Labute approximate surface area is 130 Å². The maximum Gasteiger partial charge on any atom is 0.133 e. The molecule has 20 heavy (non-hydrogen) atoms. The Kier molecular flexibility index (Phi) is 6.98. The van der Waals surface area contributed by atoms with Gasteiger partial charge in [-0.2, -0.15) is 0 Å². The number of hydrogen-bond acceptors (Lipinski definition) is 4. The maximum absolute atomic E-state index is 12.2. The molecule has 0 bridgehead atoms. The largest absolute Gasteiger partial charge is 0.383 e. The van der Waals surface area contributed by atoms with Gasteiger partial charge in [0, 0.05) is 5.41 Å². The molecule has 1 rings (SSSR count). The van der Waals surface area contributed by atoms with E-state index in [1.54, 1.807) is 17.6 Å². The molecule has 1 heterocycles. The molecule has 0 aliphatic heterocycles. The molecule has 0 aliphatic carbocycles.